The Bertz CT molecular complexity index is 937. The highest BCUT2D eigenvalue weighted by atomic mass is 16.3. The van der Waals surface area contributed by atoms with Gasteiger partial charge in [0.15, 0.2) is 0 Å². The number of benzene rings is 2. The Balaban J connectivity index is 1.46. The summed E-state index contributed by atoms with van der Waals surface area (Å²) in [7, 11) is 0. The van der Waals surface area contributed by atoms with Gasteiger partial charge in [-0.15, -0.1) is 0 Å². The molecule has 2 heterocycles. The average molecular weight is 318 g/mol. The smallest absolute Gasteiger partial charge is 0.140 e. The Labute approximate surface area is 139 Å². The predicted molar refractivity (Wildman–Crippen MR) is 93.7 cm³/mol. The van der Waals surface area contributed by atoms with Gasteiger partial charge in [-0.25, -0.2) is 9.97 Å². The number of aromatic amines is 1. The highest BCUT2D eigenvalue weighted by molar-refractivity contribution is 5.74. The molecule has 4 rings (SSSR count). The molecule has 0 saturated heterocycles. The van der Waals surface area contributed by atoms with Gasteiger partial charge in [0.2, 0.25) is 0 Å². The third-order valence-corrected chi connectivity index (χ3v) is 4.07. The zero-order valence-electron chi connectivity index (χ0n) is 13.2. The summed E-state index contributed by atoms with van der Waals surface area (Å²) in [4.78, 5) is 12.4. The van der Waals surface area contributed by atoms with Crippen LogP contribution >= 0.6 is 0 Å². The first-order chi connectivity index (χ1) is 11.8. The van der Waals surface area contributed by atoms with Crippen molar-refractivity contribution in [2.24, 2.45) is 0 Å². The molecular weight excluding hydrogens is 300 g/mol. The number of phenolic OH excluding ortho intramolecular Hbond substituents is 1. The number of fused-ring (bicyclic) bond motifs is 1. The third kappa shape index (κ3) is 2.88. The van der Waals surface area contributed by atoms with Gasteiger partial charge in [0.05, 0.1) is 11.0 Å². The number of aryl methyl sites for hydroxylation is 2. The van der Waals surface area contributed by atoms with Crippen molar-refractivity contribution < 1.29 is 5.11 Å². The molecule has 0 aliphatic heterocycles. The van der Waals surface area contributed by atoms with Crippen molar-refractivity contribution >= 4 is 11.0 Å². The molecule has 5 heteroatoms. The van der Waals surface area contributed by atoms with Gasteiger partial charge in [-0.05, 0) is 30.7 Å². The molecular formula is C19H18N4O. The van der Waals surface area contributed by atoms with Crippen molar-refractivity contribution in [3.05, 3.63) is 66.7 Å². The topological polar surface area (TPSA) is 66.7 Å². The van der Waals surface area contributed by atoms with Crippen molar-refractivity contribution in [3.8, 4) is 17.1 Å². The fourth-order valence-corrected chi connectivity index (χ4v) is 2.94. The number of imidazole rings is 2. The molecule has 0 radical (unpaired) electrons. The van der Waals surface area contributed by atoms with Gasteiger partial charge in [-0.3, -0.25) is 0 Å². The molecule has 0 spiro atoms. The molecule has 2 aromatic carbocycles. The molecule has 5 nitrogen and oxygen atoms in total. The Morgan fingerprint density at radius 2 is 2.00 bits per heavy atom. The monoisotopic (exact) mass is 318 g/mol. The van der Waals surface area contributed by atoms with Crippen LogP contribution in [-0.2, 0) is 13.0 Å². The standard InChI is InChI=1S/C19H18N4O/c24-15-6-3-5-14(13-15)19-20-10-12-23(19)11-4-9-18-21-16-7-1-2-8-17(16)22-18/h1-3,5-8,10,12-13,24H,4,9,11H2,(H,21,22). The van der Waals surface area contributed by atoms with E-state index in [0.29, 0.717) is 0 Å². The SMILES string of the molecule is Oc1cccc(-c2nccn2CCCc2nc3ccccc3[nH]2)c1. The highest BCUT2D eigenvalue weighted by Gasteiger charge is 2.07. The Morgan fingerprint density at radius 3 is 2.88 bits per heavy atom. The van der Waals surface area contributed by atoms with Gasteiger partial charge in [-0.1, -0.05) is 24.3 Å². The predicted octanol–water partition coefficient (Wildman–Crippen LogP) is 3.76. The van der Waals surface area contributed by atoms with Crippen LogP contribution in [0.5, 0.6) is 5.75 Å². The van der Waals surface area contributed by atoms with Crippen molar-refractivity contribution in [2.45, 2.75) is 19.4 Å². The number of rotatable bonds is 5. The summed E-state index contributed by atoms with van der Waals surface area (Å²) >= 11 is 0. The molecule has 0 saturated carbocycles. The summed E-state index contributed by atoms with van der Waals surface area (Å²) in [6.45, 7) is 0.849. The number of H-pyrrole nitrogens is 1. The van der Waals surface area contributed by atoms with Crippen molar-refractivity contribution in [1.82, 2.24) is 19.5 Å². The van der Waals surface area contributed by atoms with Crippen LogP contribution < -0.4 is 0 Å². The number of nitrogens with one attached hydrogen (secondary N) is 1. The summed E-state index contributed by atoms with van der Waals surface area (Å²) in [5.41, 5.74) is 3.01. The molecule has 0 amide bonds. The summed E-state index contributed by atoms with van der Waals surface area (Å²) in [5, 5.41) is 9.65. The van der Waals surface area contributed by atoms with Crippen LogP contribution in [0.15, 0.2) is 60.9 Å². The number of nitrogens with zero attached hydrogens (tertiary/aromatic N) is 3. The summed E-state index contributed by atoms with van der Waals surface area (Å²) < 4.78 is 2.11. The molecule has 24 heavy (non-hydrogen) atoms. The van der Waals surface area contributed by atoms with E-state index in [4.69, 9.17) is 0 Å². The lowest BCUT2D eigenvalue weighted by atomic mass is 10.2. The first kappa shape index (κ1) is 14.5. The maximum Gasteiger partial charge on any atom is 0.140 e. The molecule has 0 atom stereocenters. The van der Waals surface area contributed by atoms with Crippen molar-refractivity contribution in [2.75, 3.05) is 0 Å². The lowest BCUT2D eigenvalue weighted by Gasteiger charge is -2.07. The number of aromatic nitrogens is 4. The van der Waals surface area contributed by atoms with E-state index in [1.54, 1.807) is 18.3 Å². The molecule has 0 fully saturated rings. The third-order valence-electron chi connectivity index (χ3n) is 4.07. The van der Waals surface area contributed by atoms with Crippen LogP contribution in [-0.4, -0.2) is 24.6 Å². The van der Waals surface area contributed by atoms with Crippen LogP contribution in [0.4, 0.5) is 0 Å². The molecule has 0 bridgehead atoms. The lowest BCUT2D eigenvalue weighted by Crippen LogP contribution is -2.01. The minimum Gasteiger partial charge on any atom is -0.508 e. The number of hydrogen-bond donors (Lipinski definition) is 2. The van der Waals surface area contributed by atoms with Crippen LogP contribution in [0.1, 0.15) is 12.2 Å². The molecule has 0 aliphatic carbocycles. The van der Waals surface area contributed by atoms with E-state index in [1.165, 1.54) is 0 Å². The maximum absolute atomic E-state index is 9.65. The van der Waals surface area contributed by atoms with E-state index in [-0.39, 0.29) is 5.75 Å². The maximum atomic E-state index is 9.65. The second kappa shape index (κ2) is 6.20. The van der Waals surface area contributed by atoms with Gasteiger partial charge in [0, 0.05) is 30.9 Å². The Kier molecular flexibility index (Phi) is 3.75. The van der Waals surface area contributed by atoms with E-state index in [0.717, 1.165) is 47.6 Å². The number of phenols is 1. The van der Waals surface area contributed by atoms with E-state index in [2.05, 4.69) is 19.5 Å². The number of aromatic hydroxyl groups is 1. The average Bonchev–Trinajstić information content (AvgIpc) is 3.21. The first-order valence-electron chi connectivity index (χ1n) is 8.04. The van der Waals surface area contributed by atoms with Crippen LogP contribution in [0, 0.1) is 0 Å². The second-order valence-corrected chi connectivity index (χ2v) is 5.80. The van der Waals surface area contributed by atoms with Crippen LogP contribution in [0.2, 0.25) is 0 Å². The number of para-hydroxylation sites is 2. The second-order valence-electron chi connectivity index (χ2n) is 5.80. The van der Waals surface area contributed by atoms with E-state index >= 15 is 0 Å². The summed E-state index contributed by atoms with van der Waals surface area (Å²) in [6.07, 6.45) is 5.60. The van der Waals surface area contributed by atoms with Crippen LogP contribution in [0.25, 0.3) is 22.4 Å². The molecule has 2 aromatic heterocycles. The molecule has 2 N–H and O–H groups in total. The Hall–Kier alpha value is -3.08. The molecule has 0 unspecified atom stereocenters. The minimum absolute atomic E-state index is 0.254. The Morgan fingerprint density at radius 1 is 1.08 bits per heavy atom. The normalized spacial score (nSPS) is 11.2. The largest absolute Gasteiger partial charge is 0.508 e. The highest BCUT2D eigenvalue weighted by Crippen LogP contribution is 2.22. The summed E-state index contributed by atoms with van der Waals surface area (Å²) in [6, 6.07) is 15.3. The quantitative estimate of drug-likeness (QED) is 0.589. The van der Waals surface area contributed by atoms with Gasteiger partial charge in [0.25, 0.3) is 0 Å². The van der Waals surface area contributed by atoms with Gasteiger partial charge in [0.1, 0.15) is 17.4 Å². The molecule has 0 aliphatic rings. The van der Waals surface area contributed by atoms with E-state index < -0.39 is 0 Å². The minimum atomic E-state index is 0.254. The van der Waals surface area contributed by atoms with Gasteiger partial charge < -0.3 is 14.7 Å². The van der Waals surface area contributed by atoms with Crippen LogP contribution in [0.3, 0.4) is 0 Å². The summed E-state index contributed by atoms with van der Waals surface area (Å²) in [5.74, 6) is 2.13. The zero-order chi connectivity index (χ0) is 16.4. The fraction of sp³-hybridized carbons (Fsp3) is 0.158. The van der Waals surface area contributed by atoms with Crippen molar-refractivity contribution in [3.63, 3.8) is 0 Å². The zero-order valence-corrected chi connectivity index (χ0v) is 13.2. The van der Waals surface area contributed by atoms with E-state index in [1.807, 2.05) is 42.6 Å². The molecule has 4 aromatic rings. The van der Waals surface area contributed by atoms with Crippen molar-refractivity contribution in [1.29, 1.82) is 0 Å². The first-order valence-corrected chi connectivity index (χ1v) is 8.04. The lowest BCUT2D eigenvalue weighted by molar-refractivity contribution is 0.475. The number of hydrogen-bond acceptors (Lipinski definition) is 3. The molecule has 120 valence electrons. The van der Waals surface area contributed by atoms with Gasteiger partial charge in [-0.2, -0.15) is 0 Å². The van der Waals surface area contributed by atoms with E-state index in [9.17, 15) is 5.11 Å². The fourth-order valence-electron chi connectivity index (χ4n) is 2.94. The van der Waals surface area contributed by atoms with Gasteiger partial charge >= 0.3 is 0 Å².